The lowest BCUT2D eigenvalue weighted by Crippen LogP contribution is -2.43. The number of carbonyl (C=O) groups is 1. The molecule has 1 amide bonds. The van der Waals surface area contributed by atoms with Gasteiger partial charge in [-0.05, 0) is 49.0 Å². The molecule has 2 aromatic carbocycles. The van der Waals surface area contributed by atoms with Crippen LogP contribution in [0.15, 0.2) is 42.5 Å². The summed E-state index contributed by atoms with van der Waals surface area (Å²) in [6.07, 6.45) is 4.43. The Kier molecular flexibility index (Phi) is 9.17. The summed E-state index contributed by atoms with van der Waals surface area (Å²) in [5, 5.41) is 2.73. The molecule has 0 radical (unpaired) electrons. The zero-order chi connectivity index (χ0) is 21.1. The van der Waals surface area contributed by atoms with Crippen molar-refractivity contribution in [3.8, 4) is 11.5 Å². The molecule has 0 aliphatic heterocycles. The lowest BCUT2D eigenvalue weighted by molar-refractivity contribution is 0.0943. The number of hydrogen-bond acceptors (Lipinski definition) is 4. The molecular weight excluding hydrogens is 393 g/mol. The quantitative estimate of drug-likeness (QED) is 0.317. The predicted molar refractivity (Wildman–Crippen MR) is 116 cm³/mol. The third-order valence-corrected chi connectivity index (χ3v) is 4.30. The average Bonchev–Trinajstić information content (AvgIpc) is 2.73. The average molecular weight is 420 g/mol. The van der Waals surface area contributed by atoms with Gasteiger partial charge in [0, 0.05) is 5.56 Å². The van der Waals surface area contributed by atoms with Crippen LogP contribution in [0.1, 0.15) is 43.0 Å². The largest absolute Gasteiger partial charge is 0.493 e. The van der Waals surface area contributed by atoms with Crippen molar-refractivity contribution in [3.05, 3.63) is 53.8 Å². The van der Waals surface area contributed by atoms with E-state index in [2.05, 4.69) is 23.1 Å². The molecule has 156 valence electrons. The zero-order valence-corrected chi connectivity index (χ0v) is 17.4. The summed E-state index contributed by atoms with van der Waals surface area (Å²) in [4.78, 5) is 12.3. The number of hydrazine groups is 1. The fourth-order valence-corrected chi connectivity index (χ4v) is 2.70. The van der Waals surface area contributed by atoms with Crippen molar-refractivity contribution in [2.24, 2.45) is 0 Å². The van der Waals surface area contributed by atoms with E-state index in [0.717, 1.165) is 12.8 Å². The summed E-state index contributed by atoms with van der Waals surface area (Å²) in [7, 11) is 1.52. The number of para-hydroxylation sites is 1. The molecule has 8 heteroatoms. The highest BCUT2D eigenvalue weighted by molar-refractivity contribution is 7.80. The molecule has 0 aliphatic carbocycles. The van der Waals surface area contributed by atoms with Crippen LogP contribution in [0.2, 0.25) is 0 Å². The number of nitrogens with one attached hydrogen (secondary N) is 3. The summed E-state index contributed by atoms with van der Waals surface area (Å²) in [6.45, 7) is 2.75. The van der Waals surface area contributed by atoms with E-state index in [4.69, 9.17) is 21.7 Å². The molecule has 0 bridgehead atoms. The van der Waals surface area contributed by atoms with Crippen LogP contribution < -0.4 is 25.6 Å². The highest BCUT2D eigenvalue weighted by Crippen LogP contribution is 2.28. The third-order valence-electron chi connectivity index (χ3n) is 4.09. The number of amides is 1. The third kappa shape index (κ3) is 7.23. The SMILES string of the molecule is CCCCCCOc1ccc(C(=O)NNC(=S)Nc2ccccc2F)cc1OC. The lowest BCUT2D eigenvalue weighted by atomic mass is 10.2. The molecular formula is C21H26FN3O3S. The van der Waals surface area contributed by atoms with Gasteiger partial charge in [0.1, 0.15) is 5.82 Å². The number of rotatable bonds is 9. The van der Waals surface area contributed by atoms with Gasteiger partial charge in [-0.25, -0.2) is 4.39 Å². The fourth-order valence-electron chi connectivity index (χ4n) is 2.54. The lowest BCUT2D eigenvalue weighted by Gasteiger charge is -2.14. The zero-order valence-electron chi connectivity index (χ0n) is 16.6. The van der Waals surface area contributed by atoms with Crippen molar-refractivity contribution in [1.29, 1.82) is 0 Å². The predicted octanol–water partition coefficient (Wildman–Crippen LogP) is 4.42. The van der Waals surface area contributed by atoms with Gasteiger partial charge in [0.2, 0.25) is 0 Å². The number of benzene rings is 2. The first-order valence-corrected chi connectivity index (χ1v) is 9.88. The minimum absolute atomic E-state index is 0.0578. The molecule has 3 N–H and O–H groups in total. The first-order chi connectivity index (χ1) is 14.0. The van der Waals surface area contributed by atoms with Crippen molar-refractivity contribution in [3.63, 3.8) is 0 Å². The van der Waals surface area contributed by atoms with Gasteiger partial charge < -0.3 is 14.8 Å². The van der Waals surface area contributed by atoms with Crippen molar-refractivity contribution in [2.75, 3.05) is 19.0 Å². The van der Waals surface area contributed by atoms with E-state index in [1.165, 1.54) is 32.1 Å². The smallest absolute Gasteiger partial charge is 0.269 e. The molecule has 2 aromatic rings. The van der Waals surface area contributed by atoms with Gasteiger partial charge in [-0.2, -0.15) is 0 Å². The Morgan fingerprint density at radius 1 is 1.07 bits per heavy atom. The molecule has 0 unspecified atom stereocenters. The number of ether oxygens (including phenoxy) is 2. The molecule has 0 saturated carbocycles. The maximum absolute atomic E-state index is 13.6. The number of halogens is 1. The maximum Gasteiger partial charge on any atom is 0.269 e. The summed E-state index contributed by atoms with van der Waals surface area (Å²) in [5.74, 6) is 0.193. The number of thiocarbonyl (C=S) groups is 1. The van der Waals surface area contributed by atoms with Crippen LogP contribution in [0.4, 0.5) is 10.1 Å². The summed E-state index contributed by atoms with van der Waals surface area (Å²) in [6, 6.07) is 11.0. The summed E-state index contributed by atoms with van der Waals surface area (Å²) in [5.41, 5.74) is 5.58. The molecule has 6 nitrogen and oxygen atoms in total. The Labute approximate surface area is 175 Å². The number of hydrogen-bond donors (Lipinski definition) is 3. The second kappa shape index (κ2) is 11.9. The minimum Gasteiger partial charge on any atom is -0.493 e. The van der Waals surface area contributed by atoms with E-state index in [1.807, 2.05) is 0 Å². The molecule has 0 heterocycles. The standard InChI is InChI=1S/C21H26FN3O3S/c1-3-4-5-8-13-28-18-12-11-15(14-19(18)27-2)20(26)24-25-21(29)23-17-10-7-6-9-16(17)22/h6-7,9-12,14H,3-5,8,13H2,1-2H3,(H,24,26)(H2,23,25,29). The van der Waals surface area contributed by atoms with E-state index in [1.54, 1.807) is 30.3 Å². The first kappa shape index (κ1) is 22.4. The van der Waals surface area contributed by atoms with Crippen LogP contribution in [0, 0.1) is 5.82 Å². The van der Waals surface area contributed by atoms with Crippen LogP contribution >= 0.6 is 12.2 Å². The molecule has 0 spiro atoms. The Morgan fingerprint density at radius 3 is 2.59 bits per heavy atom. The van der Waals surface area contributed by atoms with Crippen molar-refractivity contribution >= 4 is 28.9 Å². The van der Waals surface area contributed by atoms with E-state index in [-0.39, 0.29) is 10.8 Å². The van der Waals surface area contributed by atoms with Crippen LogP contribution in [0.3, 0.4) is 0 Å². The maximum atomic E-state index is 13.6. The van der Waals surface area contributed by atoms with Crippen LogP contribution in [0.5, 0.6) is 11.5 Å². The molecule has 29 heavy (non-hydrogen) atoms. The normalized spacial score (nSPS) is 10.2. The summed E-state index contributed by atoms with van der Waals surface area (Å²) < 4.78 is 24.7. The molecule has 0 aromatic heterocycles. The van der Waals surface area contributed by atoms with Crippen LogP contribution in [-0.4, -0.2) is 24.7 Å². The van der Waals surface area contributed by atoms with Gasteiger partial charge in [0.15, 0.2) is 16.6 Å². The molecule has 0 atom stereocenters. The molecule has 0 aliphatic rings. The van der Waals surface area contributed by atoms with E-state index < -0.39 is 11.7 Å². The van der Waals surface area contributed by atoms with Crippen molar-refractivity contribution in [1.82, 2.24) is 10.9 Å². The first-order valence-electron chi connectivity index (χ1n) is 9.47. The Morgan fingerprint density at radius 2 is 1.86 bits per heavy atom. The molecule has 0 fully saturated rings. The van der Waals surface area contributed by atoms with E-state index >= 15 is 0 Å². The van der Waals surface area contributed by atoms with Gasteiger partial charge >= 0.3 is 0 Å². The van der Waals surface area contributed by atoms with Crippen molar-refractivity contribution in [2.45, 2.75) is 32.6 Å². The van der Waals surface area contributed by atoms with E-state index in [9.17, 15) is 9.18 Å². The van der Waals surface area contributed by atoms with Gasteiger partial charge in [-0.1, -0.05) is 38.3 Å². The highest BCUT2D eigenvalue weighted by Gasteiger charge is 2.12. The number of unbranched alkanes of at least 4 members (excludes halogenated alkanes) is 3. The summed E-state index contributed by atoms with van der Waals surface area (Å²) >= 11 is 5.06. The Bertz CT molecular complexity index is 833. The second-order valence-corrected chi connectivity index (χ2v) is 6.70. The fraction of sp³-hybridized carbons (Fsp3) is 0.333. The Balaban J connectivity index is 1.88. The van der Waals surface area contributed by atoms with Crippen molar-refractivity contribution < 1.29 is 18.7 Å². The minimum atomic E-state index is -0.446. The molecule has 2 rings (SSSR count). The van der Waals surface area contributed by atoms with Gasteiger partial charge in [-0.3, -0.25) is 15.6 Å². The van der Waals surface area contributed by atoms with Crippen LogP contribution in [-0.2, 0) is 0 Å². The molecule has 0 saturated heterocycles. The number of carbonyl (C=O) groups excluding carboxylic acids is 1. The Hall–Kier alpha value is -2.87. The second-order valence-electron chi connectivity index (χ2n) is 6.29. The van der Waals surface area contributed by atoms with E-state index in [0.29, 0.717) is 23.7 Å². The monoisotopic (exact) mass is 419 g/mol. The number of anilines is 1. The van der Waals surface area contributed by atoms with Gasteiger partial charge in [0.05, 0.1) is 19.4 Å². The van der Waals surface area contributed by atoms with Gasteiger partial charge in [-0.15, -0.1) is 0 Å². The topological polar surface area (TPSA) is 71.6 Å². The number of methoxy groups -OCH3 is 1. The van der Waals surface area contributed by atoms with Gasteiger partial charge in [0.25, 0.3) is 5.91 Å². The van der Waals surface area contributed by atoms with Crippen LogP contribution in [0.25, 0.3) is 0 Å². The highest BCUT2D eigenvalue weighted by atomic mass is 32.1.